The van der Waals surface area contributed by atoms with E-state index in [9.17, 15) is 29.1 Å². The summed E-state index contributed by atoms with van der Waals surface area (Å²) in [7, 11) is 5.12. The minimum absolute atomic E-state index is 0.187. The molecule has 2 aromatic rings. The summed E-state index contributed by atoms with van der Waals surface area (Å²) in [6, 6.07) is 5.93. The SMILES string of the molecule is CN1C(=O)C([C@@H]2O[C@@H](c3c(O)n(C)c(=O)n(C)c3=O)c3ccccc32)C(=O)N(C)C1=O. The molecule has 31 heavy (non-hydrogen) atoms. The number of urea groups is 1. The van der Waals surface area contributed by atoms with Gasteiger partial charge in [0.1, 0.15) is 23.7 Å². The summed E-state index contributed by atoms with van der Waals surface area (Å²) in [5.41, 5.74) is -0.708. The number of fused-ring (bicyclic) bond motifs is 1. The number of aromatic nitrogens is 2. The first-order chi connectivity index (χ1) is 14.6. The van der Waals surface area contributed by atoms with Gasteiger partial charge in [0.05, 0.1) is 0 Å². The first-order valence-corrected chi connectivity index (χ1v) is 9.40. The van der Waals surface area contributed by atoms with E-state index in [1.165, 1.54) is 28.2 Å². The van der Waals surface area contributed by atoms with E-state index in [0.717, 1.165) is 18.9 Å². The molecule has 0 radical (unpaired) electrons. The van der Waals surface area contributed by atoms with Crippen molar-refractivity contribution in [1.29, 1.82) is 0 Å². The minimum Gasteiger partial charge on any atom is -0.494 e. The number of carbonyl (C=O) groups is 3. The molecule has 3 heterocycles. The molecule has 0 bridgehead atoms. The van der Waals surface area contributed by atoms with Crippen LogP contribution in [0.4, 0.5) is 4.79 Å². The van der Waals surface area contributed by atoms with E-state index in [2.05, 4.69) is 0 Å². The fourth-order valence-corrected chi connectivity index (χ4v) is 4.07. The Labute approximate surface area is 175 Å². The first kappa shape index (κ1) is 20.5. The summed E-state index contributed by atoms with van der Waals surface area (Å²) < 4.78 is 7.80. The van der Waals surface area contributed by atoms with Crippen LogP contribution in [-0.2, 0) is 28.4 Å². The van der Waals surface area contributed by atoms with Crippen LogP contribution in [0.1, 0.15) is 28.9 Å². The highest BCUT2D eigenvalue weighted by atomic mass is 16.5. The number of hydrogen-bond donors (Lipinski definition) is 1. The summed E-state index contributed by atoms with van der Waals surface area (Å²) in [5.74, 6) is -3.38. The van der Waals surface area contributed by atoms with E-state index < -0.39 is 53.1 Å². The fraction of sp³-hybridized carbons (Fsp3) is 0.350. The maximum atomic E-state index is 12.8. The molecule has 2 aliphatic heterocycles. The maximum Gasteiger partial charge on any atom is 0.333 e. The van der Waals surface area contributed by atoms with Gasteiger partial charge >= 0.3 is 11.7 Å². The highest BCUT2D eigenvalue weighted by Crippen LogP contribution is 2.47. The van der Waals surface area contributed by atoms with Gasteiger partial charge in [-0.25, -0.2) is 9.59 Å². The lowest BCUT2D eigenvalue weighted by molar-refractivity contribution is -0.155. The third-order valence-electron chi connectivity index (χ3n) is 5.87. The second-order valence-electron chi connectivity index (χ2n) is 7.56. The van der Waals surface area contributed by atoms with E-state index >= 15 is 0 Å². The highest BCUT2D eigenvalue weighted by Gasteiger charge is 2.51. The van der Waals surface area contributed by atoms with Crippen molar-refractivity contribution in [3.63, 3.8) is 0 Å². The lowest BCUT2D eigenvalue weighted by Crippen LogP contribution is -2.58. The Morgan fingerprint density at radius 2 is 1.39 bits per heavy atom. The molecule has 1 saturated heterocycles. The largest absolute Gasteiger partial charge is 0.494 e. The molecule has 1 fully saturated rings. The number of hydrogen-bond acceptors (Lipinski definition) is 7. The number of carbonyl (C=O) groups excluding carboxylic acids is 3. The standard InChI is InChI=1S/C20H20N4O7/c1-21-15(25)11(16(26)22(2)19(21)29)13-9-7-5-6-8-10(9)14(31-13)12-17(27)23(3)20(30)24(4)18(12)28/h5-8,11,13-14,27H,1-4H3/t13-,14-/m1/s1. The van der Waals surface area contributed by atoms with Crippen LogP contribution in [0, 0.1) is 5.92 Å². The van der Waals surface area contributed by atoms with Crippen LogP contribution < -0.4 is 11.2 Å². The van der Waals surface area contributed by atoms with Crippen molar-refractivity contribution in [3.8, 4) is 5.88 Å². The second kappa shape index (κ2) is 6.91. The lowest BCUT2D eigenvalue weighted by atomic mass is 9.90. The molecular formula is C20H20N4O7. The molecule has 2 atom stereocenters. The van der Waals surface area contributed by atoms with Crippen molar-refractivity contribution in [2.24, 2.45) is 20.0 Å². The average Bonchev–Trinajstić information content (AvgIpc) is 3.13. The molecule has 1 N–H and O–H groups in total. The van der Waals surface area contributed by atoms with Gasteiger partial charge in [0.15, 0.2) is 0 Å². The number of barbiturate groups is 1. The summed E-state index contributed by atoms with van der Waals surface area (Å²) in [6.45, 7) is 0. The molecule has 0 saturated carbocycles. The molecular weight excluding hydrogens is 408 g/mol. The Balaban J connectivity index is 1.88. The summed E-state index contributed by atoms with van der Waals surface area (Å²) in [6.07, 6.45) is -2.22. The normalized spacial score (nSPS) is 21.7. The number of imide groups is 2. The van der Waals surface area contributed by atoms with E-state index in [4.69, 9.17) is 4.74 Å². The van der Waals surface area contributed by atoms with Gasteiger partial charge in [-0.1, -0.05) is 24.3 Å². The van der Waals surface area contributed by atoms with Crippen LogP contribution in [0.2, 0.25) is 0 Å². The van der Waals surface area contributed by atoms with Crippen molar-refractivity contribution < 1.29 is 24.2 Å². The number of aromatic hydroxyl groups is 1. The topological polar surface area (TPSA) is 131 Å². The number of benzene rings is 1. The van der Waals surface area contributed by atoms with Crippen LogP contribution in [0.3, 0.4) is 0 Å². The maximum absolute atomic E-state index is 12.8. The van der Waals surface area contributed by atoms with Crippen molar-refractivity contribution >= 4 is 17.8 Å². The zero-order chi connectivity index (χ0) is 22.8. The molecule has 4 amide bonds. The second-order valence-corrected chi connectivity index (χ2v) is 7.56. The fourth-order valence-electron chi connectivity index (χ4n) is 4.07. The van der Waals surface area contributed by atoms with Crippen molar-refractivity contribution in [2.45, 2.75) is 12.2 Å². The third kappa shape index (κ3) is 2.73. The van der Waals surface area contributed by atoms with Crippen molar-refractivity contribution in [3.05, 3.63) is 61.8 Å². The zero-order valence-corrected chi connectivity index (χ0v) is 17.2. The van der Waals surface area contributed by atoms with E-state index in [-0.39, 0.29) is 5.56 Å². The lowest BCUT2D eigenvalue weighted by Gasteiger charge is -2.35. The molecule has 4 rings (SSSR count). The van der Waals surface area contributed by atoms with Gasteiger partial charge in [0.2, 0.25) is 17.7 Å². The Morgan fingerprint density at radius 3 is 1.97 bits per heavy atom. The first-order valence-electron chi connectivity index (χ1n) is 9.40. The van der Waals surface area contributed by atoms with Crippen LogP contribution in [0.15, 0.2) is 33.9 Å². The van der Waals surface area contributed by atoms with E-state index in [1.54, 1.807) is 24.3 Å². The number of amides is 4. The van der Waals surface area contributed by atoms with E-state index in [1.807, 2.05) is 0 Å². The van der Waals surface area contributed by atoms with Gasteiger partial charge in [-0.2, -0.15) is 0 Å². The highest BCUT2D eigenvalue weighted by molar-refractivity contribution is 6.16. The molecule has 1 aromatic heterocycles. The van der Waals surface area contributed by atoms with Crippen LogP contribution >= 0.6 is 0 Å². The van der Waals surface area contributed by atoms with Crippen molar-refractivity contribution in [1.82, 2.24) is 18.9 Å². The molecule has 0 aliphatic carbocycles. The average molecular weight is 428 g/mol. The smallest absolute Gasteiger partial charge is 0.333 e. The summed E-state index contributed by atoms with van der Waals surface area (Å²) in [4.78, 5) is 64.4. The molecule has 0 unspecified atom stereocenters. The molecule has 2 aliphatic rings. The number of rotatable bonds is 2. The Bertz CT molecular complexity index is 1240. The minimum atomic E-state index is -1.35. The van der Waals surface area contributed by atoms with Gasteiger partial charge in [-0.15, -0.1) is 0 Å². The molecule has 1 aromatic carbocycles. The zero-order valence-electron chi connectivity index (χ0n) is 17.2. The Morgan fingerprint density at radius 1 is 0.839 bits per heavy atom. The predicted molar refractivity (Wildman–Crippen MR) is 105 cm³/mol. The van der Waals surface area contributed by atoms with Gasteiger partial charge in [0, 0.05) is 28.2 Å². The quantitative estimate of drug-likeness (QED) is 0.645. The molecule has 11 nitrogen and oxygen atoms in total. The Kier molecular flexibility index (Phi) is 4.58. The van der Waals surface area contributed by atoms with Crippen LogP contribution in [0.5, 0.6) is 5.88 Å². The summed E-state index contributed by atoms with van der Waals surface area (Å²) >= 11 is 0. The third-order valence-corrected chi connectivity index (χ3v) is 5.87. The van der Waals surface area contributed by atoms with Gasteiger partial charge in [0.25, 0.3) is 5.56 Å². The Hall–Kier alpha value is -3.73. The molecule has 0 spiro atoms. The number of nitrogens with zero attached hydrogens (tertiary/aromatic N) is 4. The van der Waals surface area contributed by atoms with E-state index in [0.29, 0.717) is 11.1 Å². The van der Waals surface area contributed by atoms with Gasteiger partial charge in [-0.05, 0) is 11.1 Å². The van der Waals surface area contributed by atoms with Crippen LogP contribution in [0.25, 0.3) is 0 Å². The van der Waals surface area contributed by atoms with Crippen LogP contribution in [-0.4, -0.2) is 56.0 Å². The molecule has 162 valence electrons. The monoisotopic (exact) mass is 428 g/mol. The number of ether oxygens (including phenoxy) is 1. The molecule has 11 heteroatoms. The van der Waals surface area contributed by atoms with Gasteiger partial charge in [-0.3, -0.25) is 33.3 Å². The van der Waals surface area contributed by atoms with Crippen molar-refractivity contribution in [2.75, 3.05) is 14.1 Å². The summed E-state index contributed by atoms with van der Waals surface area (Å²) in [5, 5.41) is 10.6. The predicted octanol–water partition coefficient (Wildman–Crippen LogP) is -0.383. The van der Waals surface area contributed by atoms with Gasteiger partial charge < -0.3 is 9.84 Å².